The van der Waals surface area contributed by atoms with Gasteiger partial charge in [-0.1, -0.05) is 45.4 Å². The Morgan fingerprint density at radius 1 is 1.06 bits per heavy atom. The highest BCUT2D eigenvalue weighted by molar-refractivity contribution is 5.85. The molecule has 96 valence electrons. The molecule has 0 aliphatic rings. The Morgan fingerprint density at radius 2 is 1.35 bits per heavy atom. The van der Waals surface area contributed by atoms with E-state index in [4.69, 9.17) is 10.2 Å². The highest BCUT2D eigenvalue weighted by Gasteiger charge is 1.96. The van der Waals surface area contributed by atoms with Gasteiger partial charge < -0.3 is 10.2 Å². The van der Waals surface area contributed by atoms with Crippen molar-refractivity contribution in [1.82, 2.24) is 0 Å². The molecule has 0 saturated carbocycles. The molecule has 0 radical (unpaired) electrons. The zero-order valence-electron chi connectivity index (χ0n) is 10.4. The van der Waals surface area contributed by atoms with Gasteiger partial charge in [0.05, 0.1) is 0 Å². The van der Waals surface area contributed by atoms with Crippen LogP contribution in [0.25, 0.3) is 0 Å². The molecule has 0 bridgehead atoms. The maximum absolute atomic E-state index is 9.83. The molecule has 0 heterocycles. The Hall–Kier alpha value is -2.10. The summed E-state index contributed by atoms with van der Waals surface area (Å²) in [5.74, 6) is -1.84. The summed E-state index contributed by atoms with van der Waals surface area (Å²) in [4.78, 5) is 19.4. The van der Waals surface area contributed by atoms with Crippen LogP contribution < -0.4 is 0 Å². The standard InChI is InChI=1S/C5H8O2.C4H6O2.C4H6/c1-3-4(2)5(6)7;1-3(2)4(5)6;1-3-4-2/h2-3H2,1H3,(H,6,7);1H2,2H3,(H,5,6);3-4H,1-2H2. The molecule has 0 saturated heterocycles. The predicted octanol–water partition coefficient (Wildman–Crippen LogP) is 3.04. The topological polar surface area (TPSA) is 74.6 Å². The van der Waals surface area contributed by atoms with Crippen LogP contribution in [0.3, 0.4) is 0 Å². The molecule has 0 rings (SSSR count). The third-order valence-electron chi connectivity index (χ3n) is 1.26. The zero-order valence-corrected chi connectivity index (χ0v) is 10.4. The van der Waals surface area contributed by atoms with Crippen LogP contribution >= 0.6 is 0 Å². The molecule has 17 heavy (non-hydrogen) atoms. The SMILES string of the molecule is C=C(C)C(=O)O.C=C(CC)C(=O)O.C=CC=C. The number of rotatable bonds is 4. The van der Waals surface area contributed by atoms with E-state index in [0.29, 0.717) is 6.42 Å². The number of hydrogen-bond acceptors (Lipinski definition) is 2. The van der Waals surface area contributed by atoms with Crippen molar-refractivity contribution in [3.63, 3.8) is 0 Å². The lowest BCUT2D eigenvalue weighted by atomic mass is 10.2. The molecule has 4 nitrogen and oxygen atoms in total. The number of carboxylic acids is 2. The summed E-state index contributed by atoms with van der Waals surface area (Å²) < 4.78 is 0. The molecule has 0 aromatic carbocycles. The zero-order chi connectivity index (χ0) is 14.4. The van der Waals surface area contributed by atoms with E-state index in [2.05, 4.69) is 26.3 Å². The molecule has 4 heteroatoms. The lowest BCUT2D eigenvalue weighted by molar-refractivity contribution is -0.133. The second kappa shape index (κ2) is 13.9. The molecule has 0 aliphatic carbocycles. The van der Waals surface area contributed by atoms with Gasteiger partial charge in [-0.25, -0.2) is 9.59 Å². The Balaban J connectivity index is -0.000000180. The van der Waals surface area contributed by atoms with Crippen LogP contribution in [0.15, 0.2) is 49.6 Å². The molecule has 0 spiro atoms. The fraction of sp³-hybridized carbons (Fsp3) is 0.231. The molecule has 0 amide bonds. The number of carbonyl (C=O) groups is 2. The van der Waals surface area contributed by atoms with Gasteiger partial charge in [0.1, 0.15) is 0 Å². The van der Waals surface area contributed by atoms with Crippen molar-refractivity contribution in [2.45, 2.75) is 20.3 Å². The van der Waals surface area contributed by atoms with Crippen molar-refractivity contribution in [1.29, 1.82) is 0 Å². The van der Waals surface area contributed by atoms with Crippen LogP contribution in [0, 0.1) is 0 Å². The van der Waals surface area contributed by atoms with Crippen molar-refractivity contribution in [2.24, 2.45) is 0 Å². The average Bonchev–Trinajstić information content (AvgIpc) is 2.28. The minimum Gasteiger partial charge on any atom is -0.478 e. The summed E-state index contributed by atoms with van der Waals surface area (Å²) in [6, 6.07) is 0. The Bertz CT molecular complexity index is 283. The molecule has 0 atom stereocenters. The van der Waals surface area contributed by atoms with Gasteiger partial charge in [-0.3, -0.25) is 0 Å². The quantitative estimate of drug-likeness (QED) is 0.585. The number of aliphatic carboxylic acids is 2. The van der Waals surface area contributed by atoms with Crippen molar-refractivity contribution >= 4 is 11.9 Å². The van der Waals surface area contributed by atoms with E-state index in [9.17, 15) is 9.59 Å². The normalized spacial score (nSPS) is 7.18. The maximum atomic E-state index is 9.83. The van der Waals surface area contributed by atoms with Crippen LogP contribution in [0.5, 0.6) is 0 Å². The Morgan fingerprint density at radius 3 is 1.35 bits per heavy atom. The molecule has 0 aromatic heterocycles. The lowest BCUT2D eigenvalue weighted by Crippen LogP contribution is -1.95. The second-order valence-corrected chi connectivity index (χ2v) is 2.82. The average molecular weight is 240 g/mol. The minimum atomic E-state index is -0.935. The minimum absolute atomic E-state index is 0.176. The Kier molecular flexibility index (Phi) is 16.6. The first kappa shape index (κ1) is 20.3. The lowest BCUT2D eigenvalue weighted by Gasteiger charge is -1.87. The summed E-state index contributed by atoms with van der Waals surface area (Å²) in [6.07, 6.45) is 3.80. The first-order valence-corrected chi connectivity index (χ1v) is 4.77. The van der Waals surface area contributed by atoms with Gasteiger partial charge in [-0.2, -0.15) is 0 Å². The van der Waals surface area contributed by atoms with Gasteiger partial charge in [0.25, 0.3) is 0 Å². The smallest absolute Gasteiger partial charge is 0.330 e. The molecular weight excluding hydrogens is 220 g/mol. The largest absolute Gasteiger partial charge is 0.478 e. The van der Waals surface area contributed by atoms with Gasteiger partial charge in [0.15, 0.2) is 0 Å². The summed E-state index contributed by atoms with van der Waals surface area (Å²) in [5, 5.41) is 16.0. The number of hydrogen-bond donors (Lipinski definition) is 2. The molecule has 2 N–H and O–H groups in total. The van der Waals surface area contributed by atoms with Gasteiger partial charge >= 0.3 is 11.9 Å². The first-order valence-electron chi connectivity index (χ1n) is 4.77. The highest BCUT2D eigenvalue weighted by Crippen LogP contribution is 1.93. The summed E-state index contributed by atoms with van der Waals surface area (Å²) >= 11 is 0. The fourth-order valence-corrected chi connectivity index (χ4v) is 0.151. The Labute approximate surface area is 102 Å². The second-order valence-electron chi connectivity index (χ2n) is 2.82. The van der Waals surface area contributed by atoms with E-state index in [1.165, 1.54) is 6.92 Å². The summed E-state index contributed by atoms with van der Waals surface area (Å²) in [6.45, 7) is 16.4. The van der Waals surface area contributed by atoms with Crippen LogP contribution in [-0.4, -0.2) is 22.2 Å². The van der Waals surface area contributed by atoms with Crippen molar-refractivity contribution in [3.05, 3.63) is 49.6 Å². The van der Waals surface area contributed by atoms with Gasteiger partial charge in [0.2, 0.25) is 0 Å². The fourth-order valence-electron chi connectivity index (χ4n) is 0.151. The van der Waals surface area contributed by atoms with Crippen LogP contribution in [-0.2, 0) is 9.59 Å². The highest BCUT2D eigenvalue weighted by atomic mass is 16.4. The van der Waals surface area contributed by atoms with E-state index < -0.39 is 11.9 Å². The molecule has 0 unspecified atom stereocenters. The summed E-state index contributed by atoms with van der Waals surface area (Å²) in [5.41, 5.74) is 0.440. The van der Waals surface area contributed by atoms with Crippen molar-refractivity contribution in [3.8, 4) is 0 Å². The predicted molar refractivity (Wildman–Crippen MR) is 69.9 cm³/mol. The van der Waals surface area contributed by atoms with Crippen LogP contribution in [0.1, 0.15) is 20.3 Å². The van der Waals surface area contributed by atoms with Crippen LogP contribution in [0.4, 0.5) is 0 Å². The van der Waals surface area contributed by atoms with Gasteiger partial charge in [0, 0.05) is 11.1 Å². The molecule has 0 aromatic rings. The van der Waals surface area contributed by atoms with E-state index in [1.807, 2.05) is 0 Å². The maximum Gasteiger partial charge on any atom is 0.330 e. The van der Waals surface area contributed by atoms with Crippen molar-refractivity contribution < 1.29 is 19.8 Å². The third kappa shape index (κ3) is 24.9. The number of allylic oxidation sites excluding steroid dienone is 2. The van der Waals surface area contributed by atoms with Crippen LogP contribution in [0.2, 0.25) is 0 Å². The van der Waals surface area contributed by atoms with Gasteiger partial charge in [-0.05, 0) is 13.3 Å². The third-order valence-corrected chi connectivity index (χ3v) is 1.26. The monoisotopic (exact) mass is 240 g/mol. The first-order chi connectivity index (χ1) is 7.74. The van der Waals surface area contributed by atoms with E-state index in [0.717, 1.165) is 0 Å². The van der Waals surface area contributed by atoms with E-state index in [-0.39, 0.29) is 11.1 Å². The summed E-state index contributed by atoms with van der Waals surface area (Å²) in [7, 11) is 0. The van der Waals surface area contributed by atoms with E-state index in [1.54, 1.807) is 19.1 Å². The van der Waals surface area contributed by atoms with Gasteiger partial charge in [-0.15, -0.1) is 0 Å². The number of carboxylic acid groups (broad SMARTS) is 2. The van der Waals surface area contributed by atoms with Crippen molar-refractivity contribution in [2.75, 3.05) is 0 Å². The van der Waals surface area contributed by atoms with E-state index >= 15 is 0 Å². The molecule has 0 aliphatic heterocycles. The molecular formula is C13H20O4. The molecule has 0 fully saturated rings.